The Hall–Kier alpha value is -1.69. The van der Waals surface area contributed by atoms with Gasteiger partial charge in [0.25, 0.3) is 0 Å². The van der Waals surface area contributed by atoms with Gasteiger partial charge >= 0.3 is 0 Å². The number of aliphatic imine (C=N–C) groups is 1. The summed E-state index contributed by atoms with van der Waals surface area (Å²) in [7, 11) is -2.08. The minimum atomic E-state index is -3.68. The van der Waals surface area contributed by atoms with Gasteiger partial charge in [-0.15, -0.1) is 24.0 Å². The molecule has 0 saturated carbocycles. The summed E-state index contributed by atoms with van der Waals surface area (Å²) in [5.41, 5.74) is 0. The number of sulfone groups is 1. The largest absolute Gasteiger partial charge is 0.356 e. The fourth-order valence-electron chi connectivity index (χ4n) is 2.21. The highest BCUT2D eigenvalue weighted by Crippen LogP contribution is 2.14. The summed E-state index contributed by atoms with van der Waals surface area (Å²) in [5.74, 6) is -0.449. The molecule has 1 aromatic carbocycles. The van der Waals surface area contributed by atoms with E-state index in [2.05, 4.69) is 20.7 Å². The van der Waals surface area contributed by atoms with Crippen LogP contribution in [-0.2, 0) is 16.4 Å². The van der Waals surface area contributed by atoms with Crippen molar-refractivity contribution in [3.8, 4) is 0 Å². The van der Waals surface area contributed by atoms with Crippen molar-refractivity contribution in [1.29, 1.82) is 0 Å². The van der Waals surface area contributed by atoms with E-state index in [0.29, 0.717) is 12.5 Å². The lowest BCUT2D eigenvalue weighted by atomic mass is 10.3. The fraction of sp³-hybridized carbons (Fsp3) is 0.375. The maximum Gasteiger partial charge on any atom is 0.191 e. The van der Waals surface area contributed by atoms with Crippen LogP contribution in [0.3, 0.4) is 0 Å². The summed E-state index contributed by atoms with van der Waals surface area (Å²) < 4.78 is 39.8. The molecule has 2 aromatic rings. The van der Waals surface area contributed by atoms with Crippen molar-refractivity contribution in [2.75, 3.05) is 25.9 Å². The maximum atomic E-state index is 13.6. The van der Waals surface area contributed by atoms with Crippen LogP contribution in [0.4, 0.5) is 4.39 Å². The summed E-state index contributed by atoms with van der Waals surface area (Å²) in [4.78, 5) is 3.76. The zero-order chi connectivity index (χ0) is 18.1. The van der Waals surface area contributed by atoms with Gasteiger partial charge in [-0.2, -0.15) is 5.10 Å². The first kappa shape index (κ1) is 22.4. The molecule has 0 aliphatic rings. The number of hydrogen-bond acceptors (Lipinski definition) is 4. The summed E-state index contributed by atoms with van der Waals surface area (Å²) in [6.45, 7) is 1.58. The Morgan fingerprint density at radius 1 is 1.23 bits per heavy atom. The van der Waals surface area contributed by atoms with E-state index in [4.69, 9.17) is 0 Å². The van der Waals surface area contributed by atoms with Gasteiger partial charge < -0.3 is 10.6 Å². The summed E-state index contributed by atoms with van der Waals surface area (Å²) in [6, 6.07) is 7.24. The van der Waals surface area contributed by atoms with E-state index in [1.807, 2.05) is 16.9 Å². The molecule has 2 rings (SSSR count). The molecule has 0 saturated heterocycles. The second-order valence-electron chi connectivity index (χ2n) is 5.30. The molecule has 0 spiro atoms. The van der Waals surface area contributed by atoms with Gasteiger partial charge in [-0.05, 0) is 24.6 Å². The first-order valence-corrected chi connectivity index (χ1v) is 9.57. The Kier molecular flexibility index (Phi) is 9.55. The van der Waals surface area contributed by atoms with Gasteiger partial charge in [-0.25, -0.2) is 12.8 Å². The minimum absolute atomic E-state index is 0. The third-order valence-corrected chi connectivity index (χ3v) is 5.22. The predicted octanol–water partition coefficient (Wildman–Crippen LogP) is 1.67. The molecule has 0 atom stereocenters. The van der Waals surface area contributed by atoms with E-state index in [0.717, 1.165) is 19.0 Å². The highest BCUT2D eigenvalue weighted by molar-refractivity contribution is 14.0. The van der Waals surface area contributed by atoms with Crippen molar-refractivity contribution >= 4 is 39.8 Å². The summed E-state index contributed by atoms with van der Waals surface area (Å²) in [6.07, 6.45) is 4.46. The standard InChI is InChI=1S/C16H22FN5O2S.HI/c1-18-16(19-8-4-11-22-12-5-9-21-22)20-10-13-25(23,24)15-7-3-2-6-14(15)17;/h2-3,5-7,9,12H,4,8,10-11,13H2,1H3,(H2,18,19,20);1H. The number of rotatable bonds is 8. The van der Waals surface area contributed by atoms with Crippen LogP contribution >= 0.6 is 24.0 Å². The third kappa shape index (κ3) is 6.90. The van der Waals surface area contributed by atoms with Crippen LogP contribution in [0, 0.1) is 5.82 Å². The number of nitrogens with zero attached hydrogens (tertiary/aromatic N) is 3. The monoisotopic (exact) mass is 495 g/mol. The lowest BCUT2D eigenvalue weighted by molar-refractivity contribution is 0.565. The molecule has 0 aliphatic heterocycles. The van der Waals surface area contributed by atoms with Crippen molar-refractivity contribution in [1.82, 2.24) is 20.4 Å². The van der Waals surface area contributed by atoms with Crippen LogP contribution in [0.1, 0.15) is 6.42 Å². The van der Waals surface area contributed by atoms with E-state index in [-0.39, 0.29) is 41.2 Å². The Labute approximate surface area is 170 Å². The van der Waals surface area contributed by atoms with Crippen LogP contribution in [0.25, 0.3) is 0 Å². The average molecular weight is 495 g/mol. The lowest BCUT2D eigenvalue weighted by Crippen LogP contribution is -2.40. The van der Waals surface area contributed by atoms with Gasteiger partial charge in [0.2, 0.25) is 0 Å². The molecular formula is C16H23FIN5O2S. The van der Waals surface area contributed by atoms with E-state index in [1.165, 1.54) is 18.2 Å². The normalized spacial score (nSPS) is 11.7. The number of nitrogens with one attached hydrogen (secondary N) is 2. The molecule has 7 nitrogen and oxygen atoms in total. The maximum absolute atomic E-state index is 13.6. The Balaban J connectivity index is 0.00000338. The highest BCUT2D eigenvalue weighted by Gasteiger charge is 2.18. The molecule has 2 N–H and O–H groups in total. The molecule has 0 bridgehead atoms. The number of guanidine groups is 1. The Morgan fingerprint density at radius 3 is 2.62 bits per heavy atom. The van der Waals surface area contributed by atoms with Crippen molar-refractivity contribution in [2.24, 2.45) is 4.99 Å². The topological polar surface area (TPSA) is 88.4 Å². The lowest BCUT2D eigenvalue weighted by Gasteiger charge is -2.12. The van der Waals surface area contributed by atoms with Gasteiger partial charge in [0.1, 0.15) is 10.7 Å². The highest BCUT2D eigenvalue weighted by atomic mass is 127. The van der Waals surface area contributed by atoms with Crippen LogP contribution in [0.5, 0.6) is 0 Å². The molecule has 144 valence electrons. The Morgan fingerprint density at radius 2 is 1.96 bits per heavy atom. The first-order valence-electron chi connectivity index (χ1n) is 7.92. The van der Waals surface area contributed by atoms with Crippen molar-refractivity contribution in [3.63, 3.8) is 0 Å². The van der Waals surface area contributed by atoms with Crippen LogP contribution in [-0.4, -0.2) is 50.0 Å². The third-order valence-electron chi connectivity index (χ3n) is 3.47. The molecule has 0 aliphatic carbocycles. The minimum Gasteiger partial charge on any atom is -0.356 e. The van der Waals surface area contributed by atoms with Crippen LogP contribution in [0.2, 0.25) is 0 Å². The number of halogens is 2. The SMILES string of the molecule is CN=C(NCCCn1cccn1)NCCS(=O)(=O)c1ccccc1F.I. The summed E-state index contributed by atoms with van der Waals surface area (Å²) in [5, 5.41) is 10.1. The van der Waals surface area contributed by atoms with Gasteiger partial charge in [0.15, 0.2) is 15.8 Å². The van der Waals surface area contributed by atoms with E-state index >= 15 is 0 Å². The molecule has 26 heavy (non-hydrogen) atoms. The second kappa shape index (κ2) is 11.1. The molecule has 0 amide bonds. The number of benzene rings is 1. The van der Waals surface area contributed by atoms with E-state index in [1.54, 1.807) is 13.2 Å². The number of aromatic nitrogens is 2. The molecule has 1 aromatic heterocycles. The smallest absolute Gasteiger partial charge is 0.191 e. The molecular weight excluding hydrogens is 472 g/mol. The van der Waals surface area contributed by atoms with E-state index in [9.17, 15) is 12.8 Å². The quantitative estimate of drug-likeness (QED) is 0.252. The number of aryl methyl sites for hydroxylation is 1. The van der Waals surface area contributed by atoms with Gasteiger partial charge in [0, 0.05) is 39.1 Å². The number of hydrogen-bond donors (Lipinski definition) is 2. The van der Waals surface area contributed by atoms with Crippen molar-refractivity contribution in [3.05, 3.63) is 48.5 Å². The van der Waals surface area contributed by atoms with Crippen LogP contribution in [0.15, 0.2) is 52.6 Å². The van der Waals surface area contributed by atoms with E-state index < -0.39 is 15.7 Å². The van der Waals surface area contributed by atoms with Gasteiger partial charge in [-0.3, -0.25) is 9.67 Å². The molecule has 0 fully saturated rings. The summed E-state index contributed by atoms with van der Waals surface area (Å²) >= 11 is 0. The zero-order valence-corrected chi connectivity index (χ0v) is 17.6. The molecule has 0 unspecified atom stereocenters. The average Bonchev–Trinajstić information content (AvgIpc) is 3.10. The zero-order valence-electron chi connectivity index (χ0n) is 14.4. The fourth-order valence-corrected chi connectivity index (χ4v) is 3.45. The van der Waals surface area contributed by atoms with Crippen molar-refractivity contribution < 1.29 is 12.8 Å². The predicted molar refractivity (Wildman–Crippen MR) is 110 cm³/mol. The Bertz CT molecular complexity index is 797. The van der Waals surface area contributed by atoms with Gasteiger partial charge in [-0.1, -0.05) is 12.1 Å². The molecule has 0 radical (unpaired) electrons. The first-order chi connectivity index (χ1) is 12.0. The second-order valence-corrected chi connectivity index (χ2v) is 7.38. The molecule has 10 heteroatoms. The molecule has 1 heterocycles. The van der Waals surface area contributed by atoms with Crippen LogP contribution < -0.4 is 10.6 Å². The van der Waals surface area contributed by atoms with Crippen molar-refractivity contribution in [2.45, 2.75) is 17.9 Å². The van der Waals surface area contributed by atoms with Gasteiger partial charge in [0.05, 0.1) is 5.75 Å².